The number of rotatable bonds is 5. The van der Waals surface area contributed by atoms with Crippen molar-refractivity contribution in [3.63, 3.8) is 0 Å². The second-order valence-electron chi connectivity index (χ2n) is 7.36. The van der Waals surface area contributed by atoms with Gasteiger partial charge in [0, 0.05) is 0 Å². The molecular weight excluding hydrogens is 333 g/mol. The molecule has 0 aromatic carbocycles. The fourth-order valence-electron chi connectivity index (χ4n) is 3.24. The first-order valence-electron chi connectivity index (χ1n) is 6.60. The average molecular weight is 363 g/mol. The van der Waals surface area contributed by atoms with Gasteiger partial charge < -0.3 is 0 Å². The zero-order valence-electron chi connectivity index (χ0n) is 13.2. The molecular formula is C14H30Cl2NO2Ti. The van der Waals surface area contributed by atoms with Crippen LogP contribution in [0.15, 0.2) is 22.1 Å². The molecule has 3 nitrogen and oxygen atoms in total. The van der Waals surface area contributed by atoms with Crippen molar-refractivity contribution in [2.24, 2.45) is 0 Å². The first kappa shape index (κ1) is 22.8. The Labute approximate surface area is 134 Å². The van der Waals surface area contributed by atoms with E-state index in [-0.39, 0.29) is 37.0 Å². The van der Waals surface area contributed by atoms with Gasteiger partial charge >= 0.3 is 110 Å². The summed E-state index contributed by atoms with van der Waals surface area (Å²) in [5.41, 5.74) is -0.115. The van der Waals surface area contributed by atoms with Gasteiger partial charge in [-0.25, -0.2) is 0 Å². The first-order chi connectivity index (χ1) is 8.00. The van der Waals surface area contributed by atoms with Crippen LogP contribution in [0.2, 0.25) is 9.95 Å². The SMILES string of the molecule is Cl.Cl.[CH2]=[Ti]([CH3])([CH2]CO)([NH]C(C)(C)C)([O]C)[C]1=CC=CC1. The summed E-state index contributed by atoms with van der Waals surface area (Å²) in [6.45, 7) is 6.43. The standard InChI is InChI=1S/C5H5.C4H10N.C2H5O.CH3O.CH3.CH2.2ClH.Ti/c1-2-4-5-3-1;1-4(2,3)5;1-2-3;1-2;;;;;/h1-3H,4H2;5H,1-3H3;3H,1-2H2;1H3;1H3;1H2;2*1H;/q;-1;;-1;;;;;+2. The number of aliphatic hydroxyl groups is 1. The van der Waals surface area contributed by atoms with Crippen LogP contribution in [-0.4, -0.2) is 29.2 Å². The van der Waals surface area contributed by atoms with Gasteiger partial charge in [0.2, 0.25) is 0 Å². The van der Waals surface area contributed by atoms with E-state index in [0.29, 0.717) is 4.73 Å². The Morgan fingerprint density at radius 2 is 1.95 bits per heavy atom. The van der Waals surface area contributed by atoms with E-state index in [0.717, 1.165) is 6.42 Å². The van der Waals surface area contributed by atoms with Crippen LogP contribution in [0.3, 0.4) is 0 Å². The molecule has 0 aromatic heterocycles. The van der Waals surface area contributed by atoms with Crippen molar-refractivity contribution < 1.29 is 22.6 Å². The van der Waals surface area contributed by atoms with E-state index in [1.165, 1.54) is 3.88 Å². The molecule has 0 amide bonds. The minimum atomic E-state index is -4.31. The molecule has 20 heavy (non-hydrogen) atoms. The molecule has 0 aromatic rings. The summed E-state index contributed by atoms with van der Waals surface area (Å²) in [5, 5.41) is 11.7. The van der Waals surface area contributed by atoms with E-state index in [1.54, 1.807) is 7.11 Å². The average Bonchev–Trinajstić information content (AvgIpc) is 2.69. The van der Waals surface area contributed by atoms with E-state index in [1.807, 2.05) is 6.08 Å². The molecule has 0 aliphatic heterocycles. The van der Waals surface area contributed by atoms with Gasteiger partial charge in [0.25, 0.3) is 0 Å². The summed E-state index contributed by atoms with van der Waals surface area (Å²) in [7, 11) is 1.73. The molecule has 0 fully saturated rings. The van der Waals surface area contributed by atoms with Gasteiger partial charge in [-0.05, 0) is 0 Å². The zero-order valence-corrected chi connectivity index (χ0v) is 16.4. The van der Waals surface area contributed by atoms with Crippen LogP contribution in [-0.2, 0) is 17.5 Å². The number of halogens is 2. The minimum absolute atomic E-state index is 0. The van der Waals surface area contributed by atoms with Crippen molar-refractivity contribution in [3.8, 4) is 0 Å². The Kier molecular flexibility index (Phi) is 7.22. The predicted molar refractivity (Wildman–Crippen MR) is 91.1 cm³/mol. The van der Waals surface area contributed by atoms with Gasteiger partial charge in [-0.1, -0.05) is 0 Å². The molecule has 0 bridgehead atoms. The van der Waals surface area contributed by atoms with Crippen LogP contribution in [0.4, 0.5) is 0 Å². The van der Waals surface area contributed by atoms with Crippen molar-refractivity contribution >= 4 is 29.6 Å². The molecule has 6 heteroatoms. The zero-order chi connectivity index (χ0) is 14.1. The van der Waals surface area contributed by atoms with Gasteiger partial charge in [-0.15, -0.1) is 24.8 Å². The van der Waals surface area contributed by atoms with Crippen LogP contribution in [0.25, 0.3) is 0 Å². The third-order valence-electron chi connectivity index (χ3n) is 4.22. The van der Waals surface area contributed by atoms with Crippen molar-refractivity contribution in [3.05, 3.63) is 22.1 Å². The maximum absolute atomic E-state index is 9.56. The number of allylic oxidation sites excluding steroid dienone is 4. The predicted octanol–water partition coefficient (Wildman–Crippen LogP) is 3.65. The molecule has 0 heterocycles. The number of aliphatic hydroxyl groups excluding tert-OH is 1. The summed E-state index contributed by atoms with van der Waals surface area (Å²) >= 11 is -4.31. The van der Waals surface area contributed by atoms with E-state index in [9.17, 15) is 5.11 Å². The molecule has 0 saturated carbocycles. The van der Waals surface area contributed by atoms with Gasteiger partial charge in [0.15, 0.2) is 0 Å². The summed E-state index contributed by atoms with van der Waals surface area (Å²) in [6.07, 6.45) is 7.14. The summed E-state index contributed by atoms with van der Waals surface area (Å²) in [6, 6.07) is 0. The van der Waals surface area contributed by atoms with Gasteiger partial charge in [-0.3, -0.25) is 0 Å². The number of hydrogen-bond acceptors (Lipinski definition) is 3. The molecule has 0 radical (unpaired) electrons. The fourth-order valence-corrected chi connectivity index (χ4v) is 12.3. The van der Waals surface area contributed by atoms with E-state index in [2.05, 4.69) is 46.8 Å². The molecule has 121 valence electrons. The van der Waals surface area contributed by atoms with Crippen molar-refractivity contribution in [1.82, 2.24) is 3.80 Å². The first-order valence-corrected chi connectivity index (χ1v) is 12.6. The monoisotopic (exact) mass is 362 g/mol. The Morgan fingerprint density at radius 3 is 2.25 bits per heavy atom. The normalized spacial score (nSPS) is 18.4. The summed E-state index contributed by atoms with van der Waals surface area (Å²) in [4.78, 5) is 4.59. The Balaban J connectivity index is 0. The van der Waals surface area contributed by atoms with Gasteiger partial charge in [0.05, 0.1) is 0 Å². The molecule has 1 aliphatic rings. The van der Waals surface area contributed by atoms with Crippen molar-refractivity contribution in [2.45, 2.75) is 42.7 Å². The molecule has 0 atom stereocenters. The quantitative estimate of drug-likeness (QED) is 0.733. The fraction of sp³-hybridized carbons (Fsp3) is 0.643. The van der Waals surface area contributed by atoms with Gasteiger partial charge in [-0.2, -0.15) is 0 Å². The molecule has 0 unspecified atom stereocenters. The van der Waals surface area contributed by atoms with Crippen LogP contribution in [0.5, 0.6) is 0 Å². The Bertz CT molecular complexity index is 494. The van der Waals surface area contributed by atoms with Crippen LogP contribution in [0, 0.1) is 0 Å². The Hall–Kier alpha value is 0.524. The van der Waals surface area contributed by atoms with Gasteiger partial charge in [0.1, 0.15) is 0 Å². The van der Waals surface area contributed by atoms with Crippen LogP contribution in [0.1, 0.15) is 27.2 Å². The van der Waals surface area contributed by atoms with E-state index < -0.39 is 14.2 Å². The van der Waals surface area contributed by atoms with Crippen LogP contribution >= 0.6 is 24.8 Å². The maximum atomic E-state index is 9.56. The number of nitrogens with one attached hydrogen (secondary N) is 1. The second kappa shape index (κ2) is 6.33. The molecule has 0 saturated heterocycles. The third kappa shape index (κ3) is 4.26. The molecule has 2 N–H and O–H groups in total. The molecule has 1 rings (SSSR count). The summed E-state index contributed by atoms with van der Waals surface area (Å²) < 4.78 is 11.6. The third-order valence-corrected chi connectivity index (χ3v) is 15.6. The van der Waals surface area contributed by atoms with Crippen molar-refractivity contribution in [2.75, 3.05) is 13.7 Å². The van der Waals surface area contributed by atoms with E-state index in [4.69, 9.17) is 3.32 Å². The van der Waals surface area contributed by atoms with E-state index >= 15 is 0 Å². The Morgan fingerprint density at radius 1 is 1.40 bits per heavy atom. The van der Waals surface area contributed by atoms with Crippen molar-refractivity contribution in [1.29, 1.82) is 0 Å². The molecule has 0 spiro atoms. The topological polar surface area (TPSA) is 41.5 Å². The number of hydrogen-bond donors (Lipinski definition) is 2. The summed E-state index contributed by atoms with van der Waals surface area (Å²) in [5.74, 6) is 0. The molecule has 1 aliphatic carbocycles. The second-order valence-corrected chi connectivity index (χ2v) is 19.5. The van der Waals surface area contributed by atoms with Crippen LogP contribution < -0.4 is 3.80 Å².